The minimum atomic E-state index is -0.286. The van der Waals surface area contributed by atoms with Crippen LogP contribution >= 0.6 is 0 Å². The lowest BCUT2D eigenvalue weighted by Crippen LogP contribution is -2.41. The molecule has 0 bridgehead atoms. The molecule has 0 aromatic heterocycles. The van der Waals surface area contributed by atoms with Gasteiger partial charge in [-0.15, -0.1) is 0 Å². The Kier molecular flexibility index (Phi) is 4.05. The second-order valence-corrected chi connectivity index (χ2v) is 7.90. The predicted molar refractivity (Wildman–Crippen MR) is 90.2 cm³/mol. The van der Waals surface area contributed by atoms with Crippen molar-refractivity contribution >= 4 is 12.6 Å². The van der Waals surface area contributed by atoms with E-state index in [0.29, 0.717) is 0 Å². The molecule has 21 heavy (non-hydrogen) atoms. The first-order valence-electron chi connectivity index (χ1n) is 7.97. The van der Waals surface area contributed by atoms with E-state index in [9.17, 15) is 0 Å². The quantitative estimate of drug-likeness (QED) is 0.783. The third-order valence-corrected chi connectivity index (χ3v) is 5.44. The zero-order chi connectivity index (χ0) is 16.1. The van der Waals surface area contributed by atoms with Crippen LogP contribution in [0.5, 0.6) is 0 Å². The Morgan fingerprint density at radius 2 is 1.57 bits per heavy atom. The molecule has 1 aliphatic heterocycles. The summed E-state index contributed by atoms with van der Waals surface area (Å²) in [5, 5.41) is 0. The van der Waals surface area contributed by atoms with Gasteiger partial charge in [-0.05, 0) is 57.5 Å². The first-order valence-corrected chi connectivity index (χ1v) is 7.97. The highest BCUT2D eigenvalue weighted by Crippen LogP contribution is 2.37. The molecule has 0 spiro atoms. The van der Waals surface area contributed by atoms with Crippen LogP contribution in [-0.4, -0.2) is 18.3 Å². The Hall–Kier alpha value is -0.795. The fraction of sp³-hybridized carbons (Fsp3) is 0.667. The lowest BCUT2D eigenvalue weighted by Gasteiger charge is -2.32. The van der Waals surface area contributed by atoms with Crippen molar-refractivity contribution in [1.29, 1.82) is 0 Å². The van der Waals surface area contributed by atoms with E-state index in [4.69, 9.17) is 9.31 Å². The summed E-state index contributed by atoms with van der Waals surface area (Å²) in [6.07, 6.45) is 1.13. The van der Waals surface area contributed by atoms with Crippen molar-refractivity contribution in [3.05, 3.63) is 29.3 Å². The third-order valence-electron chi connectivity index (χ3n) is 5.44. The molecule has 1 aromatic carbocycles. The highest BCUT2D eigenvalue weighted by molar-refractivity contribution is 6.62. The summed E-state index contributed by atoms with van der Waals surface area (Å²) in [5.41, 5.74) is 3.40. The summed E-state index contributed by atoms with van der Waals surface area (Å²) in [5.74, 6) is 0. The van der Waals surface area contributed by atoms with Crippen LogP contribution in [-0.2, 0) is 14.7 Å². The van der Waals surface area contributed by atoms with Crippen molar-refractivity contribution in [2.24, 2.45) is 0 Å². The van der Waals surface area contributed by atoms with E-state index < -0.39 is 0 Å². The van der Waals surface area contributed by atoms with Crippen molar-refractivity contribution < 1.29 is 9.31 Å². The molecule has 0 N–H and O–H groups in total. The monoisotopic (exact) mass is 288 g/mol. The van der Waals surface area contributed by atoms with Gasteiger partial charge in [0.25, 0.3) is 0 Å². The Bertz CT molecular complexity index is 516. The Morgan fingerprint density at radius 1 is 1.05 bits per heavy atom. The van der Waals surface area contributed by atoms with Gasteiger partial charge in [-0.3, -0.25) is 0 Å². The summed E-state index contributed by atoms with van der Waals surface area (Å²) < 4.78 is 12.3. The van der Waals surface area contributed by atoms with Crippen LogP contribution in [0.1, 0.15) is 66.0 Å². The summed E-state index contributed by atoms with van der Waals surface area (Å²) >= 11 is 0. The molecular weight excluding hydrogens is 259 g/mol. The summed E-state index contributed by atoms with van der Waals surface area (Å²) in [6.45, 7) is 17.3. The van der Waals surface area contributed by atoms with Crippen molar-refractivity contribution in [3.8, 4) is 0 Å². The fourth-order valence-corrected chi connectivity index (χ4v) is 2.54. The van der Waals surface area contributed by atoms with Gasteiger partial charge in [-0.25, -0.2) is 0 Å². The van der Waals surface area contributed by atoms with Crippen LogP contribution in [0.4, 0.5) is 0 Å². The smallest absolute Gasteiger partial charge is 0.399 e. The zero-order valence-electron chi connectivity index (χ0n) is 14.8. The van der Waals surface area contributed by atoms with E-state index >= 15 is 0 Å². The lowest BCUT2D eigenvalue weighted by atomic mass is 9.73. The van der Waals surface area contributed by atoms with E-state index in [1.54, 1.807) is 0 Å². The zero-order valence-corrected chi connectivity index (χ0v) is 14.8. The molecule has 3 heteroatoms. The molecule has 2 rings (SSSR count). The number of rotatable bonds is 3. The Morgan fingerprint density at radius 3 is 2.00 bits per heavy atom. The SMILES string of the molecule is CCC(C)(C)c1ccc(B2OC(C)(C)C(C)(C)O2)c(C)c1. The predicted octanol–water partition coefficient (Wildman–Crippen LogP) is 3.98. The van der Waals surface area contributed by atoms with Gasteiger partial charge in [-0.2, -0.15) is 0 Å². The van der Waals surface area contributed by atoms with Crippen LogP contribution in [0.15, 0.2) is 18.2 Å². The molecule has 0 atom stereocenters. The summed E-state index contributed by atoms with van der Waals surface area (Å²) in [6, 6.07) is 6.67. The summed E-state index contributed by atoms with van der Waals surface area (Å²) in [4.78, 5) is 0. The van der Waals surface area contributed by atoms with Crippen molar-refractivity contribution in [3.63, 3.8) is 0 Å². The maximum absolute atomic E-state index is 6.16. The van der Waals surface area contributed by atoms with Gasteiger partial charge in [-0.1, -0.05) is 44.5 Å². The van der Waals surface area contributed by atoms with Crippen LogP contribution in [0.3, 0.4) is 0 Å². The number of benzene rings is 1. The van der Waals surface area contributed by atoms with Gasteiger partial charge >= 0.3 is 7.12 Å². The number of hydrogen-bond donors (Lipinski definition) is 0. The van der Waals surface area contributed by atoms with E-state index in [2.05, 4.69) is 73.6 Å². The average molecular weight is 288 g/mol. The third kappa shape index (κ3) is 2.91. The molecule has 116 valence electrons. The van der Waals surface area contributed by atoms with E-state index in [1.165, 1.54) is 11.1 Å². The van der Waals surface area contributed by atoms with Gasteiger partial charge in [0.2, 0.25) is 0 Å². The van der Waals surface area contributed by atoms with Crippen molar-refractivity contribution in [2.45, 2.75) is 78.4 Å². The van der Waals surface area contributed by atoms with Gasteiger partial charge < -0.3 is 9.31 Å². The maximum Gasteiger partial charge on any atom is 0.495 e. The number of hydrogen-bond acceptors (Lipinski definition) is 2. The maximum atomic E-state index is 6.16. The van der Waals surface area contributed by atoms with E-state index in [-0.39, 0.29) is 23.7 Å². The normalized spacial score (nSPS) is 20.9. The van der Waals surface area contributed by atoms with Crippen LogP contribution in [0.25, 0.3) is 0 Å². The Labute approximate surface area is 130 Å². The minimum Gasteiger partial charge on any atom is -0.399 e. The first kappa shape index (κ1) is 16.6. The lowest BCUT2D eigenvalue weighted by molar-refractivity contribution is 0.00578. The molecular formula is C18H29BO2. The van der Waals surface area contributed by atoms with Crippen molar-refractivity contribution in [1.82, 2.24) is 0 Å². The number of aryl methyl sites for hydroxylation is 1. The minimum absolute atomic E-state index is 0.208. The van der Waals surface area contributed by atoms with Gasteiger partial charge in [0.05, 0.1) is 11.2 Å². The van der Waals surface area contributed by atoms with E-state index in [1.807, 2.05) is 0 Å². The highest BCUT2D eigenvalue weighted by Gasteiger charge is 2.52. The second-order valence-electron chi connectivity index (χ2n) is 7.90. The van der Waals surface area contributed by atoms with Crippen LogP contribution < -0.4 is 5.46 Å². The highest BCUT2D eigenvalue weighted by atomic mass is 16.7. The molecule has 2 nitrogen and oxygen atoms in total. The van der Waals surface area contributed by atoms with Gasteiger partial charge in [0.1, 0.15) is 0 Å². The molecule has 0 unspecified atom stereocenters. The fourth-order valence-electron chi connectivity index (χ4n) is 2.54. The van der Waals surface area contributed by atoms with Crippen LogP contribution in [0, 0.1) is 6.92 Å². The molecule has 0 saturated carbocycles. The van der Waals surface area contributed by atoms with E-state index in [0.717, 1.165) is 11.9 Å². The largest absolute Gasteiger partial charge is 0.495 e. The summed E-state index contributed by atoms with van der Waals surface area (Å²) in [7, 11) is -0.270. The molecule has 1 fully saturated rings. The molecule has 1 aliphatic rings. The van der Waals surface area contributed by atoms with Crippen molar-refractivity contribution in [2.75, 3.05) is 0 Å². The molecule has 1 heterocycles. The average Bonchev–Trinajstić information content (AvgIpc) is 2.58. The molecule has 1 aromatic rings. The molecule has 0 amide bonds. The first-order chi connectivity index (χ1) is 9.50. The molecule has 0 aliphatic carbocycles. The van der Waals surface area contributed by atoms with Gasteiger partial charge in [0.15, 0.2) is 0 Å². The topological polar surface area (TPSA) is 18.5 Å². The van der Waals surface area contributed by atoms with Gasteiger partial charge in [0, 0.05) is 0 Å². The molecule has 1 saturated heterocycles. The van der Waals surface area contributed by atoms with Crippen LogP contribution in [0.2, 0.25) is 0 Å². The second kappa shape index (κ2) is 5.14. The molecule has 0 radical (unpaired) electrons. The Balaban J connectivity index is 2.32. The standard InChI is InChI=1S/C18H29BO2/c1-9-16(3,4)14-10-11-15(13(2)12-14)19-20-17(5,6)18(7,8)21-19/h10-12H,9H2,1-8H3.